The number of carbonyl (C=O) groups is 4. The molecular formula is C19H23N3O5. The third-order valence-corrected chi connectivity index (χ3v) is 4.97. The van der Waals surface area contributed by atoms with Gasteiger partial charge >= 0.3 is 12.0 Å². The molecule has 2 aliphatic rings. The van der Waals surface area contributed by atoms with Crippen molar-refractivity contribution in [3.8, 4) is 0 Å². The molecule has 0 aromatic heterocycles. The van der Waals surface area contributed by atoms with Gasteiger partial charge in [-0.15, -0.1) is 0 Å². The van der Waals surface area contributed by atoms with Crippen molar-refractivity contribution in [2.24, 2.45) is 0 Å². The number of aryl methyl sites for hydroxylation is 1. The zero-order chi connectivity index (χ0) is 19.4. The Kier molecular flexibility index (Phi) is 5.43. The first-order chi connectivity index (χ1) is 12.9. The largest absolute Gasteiger partial charge is 0.454 e. The quantitative estimate of drug-likeness (QED) is 0.582. The van der Waals surface area contributed by atoms with Crippen LogP contribution in [0.2, 0.25) is 0 Å². The summed E-state index contributed by atoms with van der Waals surface area (Å²) in [7, 11) is 0. The van der Waals surface area contributed by atoms with Gasteiger partial charge in [0.05, 0.1) is 0 Å². The fraction of sp³-hybridized carbons (Fsp3) is 0.474. The Morgan fingerprint density at radius 3 is 2.70 bits per heavy atom. The Morgan fingerprint density at radius 2 is 2.00 bits per heavy atom. The average Bonchev–Trinajstić information content (AvgIpc) is 3.21. The van der Waals surface area contributed by atoms with Gasteiger partial charge < -0.3 is 15.4 Å². The molecule has 1 spiro atoms. The Labute approximate surface area is 157 Å². The van der Waals surface area contributed by atoms with Gasteiger partial charge in [0.15, 0.2) is 6.61 Å². The molecule has 1 saturated heterocycles. The van der Waals surface area contributed by atoms with Gasteiger partial charge in [0.1, 0.15) is 12.1 Å². The van der Waals surface area contributed by atoms with Gasteiger partial charge in [-0.3, -0.25) is 19.3 Å². The van der Waals surface area contributed by atoms with Gasteiger partial charge in [0.25, 0.3) is 11.8 Å². The van der Waals surface area contributed by atoms with Crippen LogP contribution in [-0.4, -0.2) is 47.4 Å². The first-order valence-corrected chi connectivity index (χ1v) is 9.12. The Balaban J connectivity index is 1.48. The number of amides is 4. The molecule has 1 aliphatic carbocycles. The van der Waals surface area contributed by atoms with Crippen LogP contribution in [0.25, 0.3) is 0 Å². The molecule has 1 saturated carbocycles. The van der Waals surface area contributed by atoms with E-state index in [4.69, 9.17) is 4.74 Å². The molecule has 8 nitrogen and oxygen atoms in total. The minimum atomic E-state index is -0.862. The molecule has 1 aromatic carbocycles. The van der Waals surface area contributed by atoms with E-state index in [0.717, 1.165) is 29.7 Å². The molecule has 1 heterocycles. The van der Waals surface area contributed by atoms with Crippen molar-refractivity contribution >= 4 is 29.5 Å². The maximum Gasteiger partial charge on any atom is 0.326 e. The summed E-state index contributed by atoms with van der Waals surface area (Å²) in [6, 6.07) is 6.78. The molecular weight excluding hydrogens is 350 g/mol. The molecule has 0 bridgehead atoms. The number of hydrogen-bond donors (Lipinski definition) is 2. The van der Waals surface area contributed by atoms with E-state index >= 15 is 0 Å². The molecule has 4 amide bonds. The monoisotopic (exact) mass is 373 g/mol. The van der Waals surface area contributed by atoms with E-state index in [2.05, 4.69) is 10.6 Å². The van der Waals surface area contributed by atoms with E-state index in [9.17, 15) is 19.2 Å². The lowest BCUT2D eigenvalue weighted by atomic mass is 9.98. The van der Waals surface area contributed by atoms with Crippen LogP contribution in [0.4, 0.5) is 10.5 Å². The third-order valence-electron chi connectivity index (χ3n) is 4.97. The number of ether oxygens (including phenoxy) is 1. The highest BCUT2D eigenvalue weighted by Crippen LogP contribution is 2.34. The lowest BCUT2D eigenvalue weighted by Gasteiger charge is -2.19. The number of rotatable bonds is 6. The number of carbonyl (C=O) groups excluding carboxylic acids is 4. The Morgan fingerprint density at radius 1 is 1.26 bits per heavy atom. The van der Waals surface area contributed by atoms with Crippen molar-refractivity contribution in [2.45, 2.75) is 44.6 Å². The van der Waals surface area contributed by atoms with Crippen LogP contribution in [0.5, 0.6) is 0 Å². The van der Waals surface area contributed by atoms with Gasteiger partial charge in [-0.05, 0) is 37.0 Å². The predicted molar refractivity (Wildman–Crippen MR) is 96.9 cm³/mol. The van der Waals surface area contributed by atoms with E-state index in [1.54, 1.807) is 6.07 Å². The summed E-state index contributed by atoms with van der Waals surface area (Å²) in [5.41, 5.74) is 0.829. The molecule has 0 radical (unpaired) electrons. The van der Waals surface area contributed by atoms with E-state index in [-0.39, 0.29) is 5.91 Å². The van der Waals surface area contributed by atoms with E-state index in [1.165, 1.54) is 0 Å². The van der Waals surface area contributed by atoms with Crippen molar-refractivity contribution < 1.29 is 23.9 Å². The second kappa shape index (κ2) is 7.77. The standard InChI is InChI=1S/C19H23N3O5/c1-2-13-6-5-7-14(10-13)20-15(23)12-27-16(24)11-22-17(25)19(21-18(22)26)8-3-4-9-19/h5-7,10H,2-4,8-9,11-12H2,1H3,(H,20,23)(H,21,26). The maximum absolute atomic E-state index is 12.5. The molecule has 3 rings (SSSR count). The number of anilines is 1. The van der Waals surface area contributed by atoms with Crippen LogP contribution in [0.15, 0.2) is 24.3 Å². The van der Waals surface area contributed by atoms with Gasteiger partial charge in [0, 0.05) is 5.69 Å². The molecule has 2 fully saturated rings. The zero-order valence-corrected chi connectivity index (χ0v) is 15.2. The SMILES string of the molecule is CCc1cccc(NC(=O)COC(=O)CN2C(=O)NC3(CCCC3)C2=O)c1. The number of esters is 1. The van der Waals surface area contributed by atoms with Gasteiger partial charge in [-0.2, -0.15) is 0 Å². The van der Waals surface area contributed by atoms with Crippen LogP contribution < -0.4 is 10.6 Å². The average molecular weight is 373 g/mol. The minimum Gasteiger partial charge on any atom is -0.454 e. The molecule has 0 unspecified atom stereocenters. The van der Waals surface area contributed by atoms with Crippen LogP contribution in [0, 0.1) is 0 Å². The van der Waals surface area contributed by atoms with Crippen molar-refractivity contribution in [3.05, 3.63) is 29.8 Å². The summed E-state index contributed by atoms with van der Waals surface area (Å²) in [6.45, 7) is 1.03. The molecule has 0 atom stereocenters. The highest BCUT2D eigenvalue weighted by molar-refractivity contribution is 6.09. The van der Waals surface area contributed by atoms with E-state index < -0.39 is 36.6 Å². The fourth-order valence-electron chi connectivity index (χ4n) is 3.52. The third kappa shape index (κ3) is 4.10. The number of hydrogen-bond acceptors (Lipinski definition) is 5. The van der Waals surface area contributed by atoms with Gasteiger partial charge in [-0.25, -0.2) is 4.79 Å². The minimum absolute atomic E-state index is 0.386. The summed E-state index contributed by atoms with van der Waals surface area (Å²) in [5.74, 6) is -1.67. The van der Waals surface area contributed by atoms with Crippen LogP contribution in [0.3, 0.4) is 0 Å². The van der Waals surface area contributed by atoms with Gasteiger partial charge in [-0.1, -0.05) is 31.9 Å². The lowest BCUT2D eigenvalue weighted by molar-refractivity contribution is -0.150. The van der Waals surface area contributed by atoms with Crippen molar-refractivity contribution in [3.63, 3.8) is 0 Å². The van der Waals surface area contributed by atoms with E-state index in [0.29, 0.717) is 18.5 Å². The molecule has 27 heavy (non-hydrogen) atoms. The lowest BCUT2D eigenvalue weighted by Crippen LogP contribution is -2.44. The molecule has 1 aromatic rings. The second-order valence-electron chi connectivity index (χ2n) is 6.87. The number of imide groups is 1. The Hall–Kier alpha value is -2.90. The van der Waals surface area contributed by atoms with Crippen molar-refractivity contribution in [2.75, 3.05) is 18.5 Å². The molecule has 1 aliphatic heterocycles. The fourth-order valence-corrected chi connectivity index (χ4v) is 3.52. The predicted octanol–water partition coefficient (Wildman–Crippen LogP) is 1.60. The number of urea groups is 1. The summed E-state index contributed by atoms with van der Waals surface area (Å²) < 4.78 is 4.92. The normalized spacial score (nSPS) is 17.9. The van der Waals surface area contributed by atoms with Crippen molar-refractivity contribution in [1.29, 1.82) is 0 Å². The van der Waals surface area contributed by atoms with E-state index in [1.807, 2.05) is 25.1 Å². The van der Waals surface area contributed by atoms with Crippen molar-refractivity contribution in [1.82, 2.24) is 10.2 Å². The summed E-state index contributed by atoms with van der Waals surface area (Å²) in [5, 5.41) is 5.34. The Bertz CT molecular complexity index is 770. The first kappa shape index (κ1) is 18.9. The summed E-state index contributed by atoms with van der Waals surface area (Å²) >= 11 is 0. The molecule has 144 valence electrons. The highest BCUT2D eigenvalue weighted by Gasteiger charge is 2.52. The van der Waals surface area contributed by atoms with Gasteiger partial charge in [0.2, 0.25) is 0 Å². The zero-order valence-electron chi connectivity index (χ0n) is 15.2. The first-order valence-electron chi connectivity index (χ1n) is 9.12. The topological polar surface area (TPSA) is 105 Å². The summed E-state index contributed by atoms with van der Waals surface area (Å²) in [4.78, 5) is 49.3. The molecule has 8 heteroatoms. The second-order valence-corrected chi connectivity index (χ2v) is 6.87. The molecule has 2 N–H and O–H groups in total. The maximum atomic E-state index is 12.5. The number of nitrogens with one attached hydrogen (secondary N) is 2. The number of nitrogens with zero attached hydrogens (tertiary/aromatic N) is 1. The number of benzene rings is 1. The van der Waals surface area contributed by atoms with Crippen LogP contribution >= 0.6 is 0 Å². The summed E-state index contributed by atoms with van der Waals surface area (Å²) in [6.07, 6.45) is 3.74. The van der Waals surface area contributed by atoms with Crippen LogP contribution in [-0.2, 0) is 25.5 Å². The van der Waals surface area contributed by atoms with Crippen LogP contribution in [0.1, 0.15) is 38.2 Å². The highest BCUT2D eigenvalue weighted by atomic mass is 16.5. The smallest absolute Gasteiger partial charge is 0.326 e.